The van der Waals surface area contributed by atoms with Crippen molar-refractivity contribution in [3.8, 4) is 0 Å². The number of hydrogen-bond donors (Lipinski definition) is 3. The SMILES string of the molecule is CCN1/C(=C/C=C/C=C/C2=[N+](CCCS(=O)(=O)O)c3ccc4c([S+]([O-])N(C)CCCC(=O)ON5C(=O)CCC5=O)cccc4c3C2(C)C)C(C)(C)c2c1ccc1c(S(=O)(=O)O)cc(S(=O)(=O)O)cc21. The number of hydrogen-bond acceptors (Lipinski definition) is 13. The Balaban J connectivity index is 1.18. The van der Waals surface area contributed by atoms with Crippen molar-refractivity contribution < 1.29 is 67.3 Å². The van der Waals surface area contributed by atoms with Gasteiger partial charge < -0.3 is 14.3 Å². The predicted molar refractivity (Wildman–Crippen MR) is 259 cm³/mol. The first-order valence-electron chi connectivity index (χ1n) is 21.9. The summed E-state index contributed by atoms with van der Waals surface area (Å²) in [4.78, 5) is 42.2. The maximum Gasteiger partial charge on any atom is 0.333 e. The van der Waals surface area contributed by atoms with Crippen LogP contribution in [-0.2, 0) is 71.8 Å². The van der Waals surface area contributed by atoms with Crippen molar-refractivity contribution in [2.75, 3.05) is 37.3 Å². The summed E-state index contributed by atoms with van der Waals surface area (Å²) in [7, 11) is -12.4. The zero-order valence-corrected chi connectivity index (χ0v) is 42.0. The maximum absolute atomic E-state index is 14.1. The first-order chi connectivity index (χ1) is 32.2. The minimum Gasteiger partial charge on any atom is -0.593 e. The van der Waals surface area contributed by atoms with Gasteiger partial charge in [-0.1, -0.05) is 50.3 Å². The molecule has 3 N–H and O–H groups in total. The van der Waals surface area contributed by atoms with Gasteiger partial charge in [-0.2, -0.15) is 29.8 Å². The number of likely N-dealkylation sites (N-methyl/N-ethyl adjacent to an activating group) is 1. The highest BCUT2D eigenvalue weighted by Crippen LogP contribution is 2.52. The Morgan fingerprint density at radius 2 is 1.52 bits per heavy atom. The van der Waals surface area contributed by atoms with Crippen LogP contribution in [0.25, 0.3) is 21.5 Å². The molecule has 69 heavy (non-hydrogen) atoms. The van der Waals surface area contributed by atoms with Crippen molar-refractivity contribution in [2.45, 2.75) is 92.2 Å². The van der Waals surface area contributed by atoms with Crippen LogP contribution in [0.4, 0.5) is 11.4 Å². The van der Waals surface area contributed by atoms with Crippen LogP contribution in [0.1, 0.15) is 77.8 Å². The molecule has 22 heteroatoms. The molecule has 0 aromatic heterocycles. The quantitative estimate of drug-likeness (QED) is 0.0345. The second-order valence-corrected chi connectivity index (χ2v) is 23.9. The Bertz CT molecular complexity index is 3270. The monoisotopic (exact) mass is 1030 g/mol. The van der Waals surface area contributed by atoms with Crippen molar-refractivity contribution in [1.82, 2.24) is 9.37 Å². The number of imide groups is 1. The van der Waals surface area contributed by atoms with Crippen molar-refractivity contribution in [3.05, 3.63) is 102 Å². The van der Waals surface area contributed by atoms with Crippen LogP contribution in [-0.4, -0.2) is 113 Å². The fourth-order valence-corrected chi connectivity index (χ4v) is 12.6. The molecule has 3 aliphatic heterocycles. The van der Waals surface area contributed by atoms with E-state index >= 15 is 0 Å². The molecule has 3 heterocycles. The summed E-state index contributed by atoms with van der Waals surface area (Å²) in [5, 5.41) is 2.33. The van der Waals surface area contributed by atoms with Gasteiger partial charge in [-0.3, -0.25) is 23.2 Å². The van der Waals surface area contributed by atoms with Gasteiger partial charge >= 0.3 is 5.97 Å². The number of carbonyl (C=O) groups excluding carboxylic acids is 3. The number of nitrogens with zero attached hydrogens (tertiary/aromatic N) is 4. The lowest BCUT2D eigenvalue weighted by Crippen LogP contribution is -2.32. The van der Waals surface area contributed by atoms with Crippen molar-refractivity contribution in [1.29, 1.82) is 0 Å². The number of benzene rings is 4. The van der Waals surface area contributed by atoms with E-state index in [0.717, 1.165) is 34.1 Å². The molecule has 2 amide bonds. The Morgan fingerprint density at radius 1 is 0.841 bits per heavy atom. The van der Waals surface area contributed by atoms with E-state index in [1.807, 2.05) is 92.7 Å². The molecule has 18 nitrogen and oxygen atoms in total. The Morgan fingerprint density at radius 3 is 2.16 bits per heavy atom. The van der Waals surface area contributed by atoms with Crippen LogP contribution in [0.15, 0.2) is 105 Å². The van der Waals surface area contributed by atoms with Crippen LogP contribution in [0.3, 0.4) is 0 Å². The lowest BCUT2D eigenvalue weighted by Gasteiger charge is -2.26. The van der Waals surface area contributed by atoms with Crippen LogP contribution in [0.5, 0.6) is 0 Å². The second-order valence-electron chi connectivity index (χ2n) is 18.0. The molecule has 1 unspecified atom stereocenters. The molecule has 0 saturated carbocycles. The molecule has 1 atom stereocenters. The lowest BCUT2D eigenvalue weighted by atomic mass is 9.79. The van der Waals surface area contributed by atoms with Gasteiger partial charge in [-0.05, 0) is 79.9 Å². The molecule has 7 rings (SSSR count). The van der Waals surface area contributed by atoms with Gasteiger partial charge in [-0.15, -0.1) is 9.37 Å². The fraction of sp³-hybridized carbons (Fsp3) is 0.362. The molecule has 0 spiro atoms. The van der Waals surface area contributed by atoms with E-state index in [1.54, 1.807) is 29.6 Å². The highest BCUT2D eigenvalue weighted by molar-refractivity contribution is 7.89. The minimum atomic E-state index is -4.91. The van der Waals surface area contributed by atoms with Crippen LogP contribution in [0, 0.1) is 0 Å². The second kappa shape index (κ2) is 19.1. The number of carbonyl (C=O) groups is 3. The van der Waals surface area contributed by atoms with Gasteiger partial charge in [0.1, 0.15) is 11.4 Å². The zero-order chi connectivity index (χ0) is 50.6. The van der Waals surface area contributed by atoms with Gasteiger partial charge in [0.05, 0.1) is 27.4 Å². The summed E-state index contributed by atoms with van der Waals surface area (Å²) in [5.41, 5.74) is 3.03. The molecule has 4 aromatic carbocycles. The highest BCUT2D eigenvalue weighted by Gasteiger charge is 2.46. The van der Waals surface area contributed by atoms with Gasteiger partial charge in [0.15, 0.2) is 10.6 Å². The third kappa shape index (κ3) is 10.2. The molecule has 4 aromatic rings. The van der Waals surface area contributed by atoms with Crippen molar-refractivity contribution in [3.63, 3.8) is 0 Å². The molecule has 0 radical (unpaired) electrons. The summed E-state index contributed by atoms with van der Waals surface area (Å²) in [6.07, 6.45) is 9.46. The number of hydroxylamine groups is 2. The number of anilines is 1. The summed E-state index contributed by atoms with van der Waals surface area (Å²) in [5.74, 6) is -2.36. The highest BCUT2D eigenvalue weighted by atomic mass is 32.2. The molecular weight excluding hydrogens is 973 g/mol. The first-order valence-corrected chi connectivity index (χ1v) is 27.5. The van der Waals surface area contributed by atoms with E-state index in [0.29, 0.717) is 33.1 Å². The number of fused-ring (bicyclic) bond motifs is 6. The Hall–Kier alpha value is -5.30. The zero-order valence-electron chi connectivity index (χ0n) is 38.7. The normalized spacial score (nSPS) is 18.3. The van der Waals surface area contributed by atoms with E-state index in [2.05, 4.69) is 0 Å². The van der Waals surface area contributed by atoms with Gasteiger partial charge in [0.2, 0.25) is 5.69 Å². The molecular formula is C47H53N4O14S4+. The van der Waals surface area contributed by atoms with Crippen LogP contribution < -0.4 is 4.90 Å². The first kappa shape index (κ1) is 51.5. The van der Waals surface area contributed by atoms with E-state index < -0.39 is 85.9 Å². The summed E-state index contributed by atoms with van der Waals surface area (Å²) in [6.45, 7) is 10.7. The van der Waals surface area contributed by atoms with Crippen molar-refractivity contribution >= 4 is 98.1 Å². The smallest absolute Gasteiger partial charge is 0.333 e. The molecule has 368 valence electrons. The van der Waals surface area contributed by atoms with Crippen LogP contribution in [0.2, 0.25) is 0 Å². The van der Waals surface area contributed by atoms with Crippen molar-refractivity contribution in [2.24, 2.45) is 0 Å². The lowest BCUT2D eigenvalue weighted by molar-refractivity contribution is -0.437. The number of rotatable bonds is 17. The molecule has 1 saturated heterocycles. The number of allylic oxidation sites excluding steroid dienone is 6. The third-order valence-electron chi connectivity index (χ3n) is 12.7. The topological polar surface area (TPSA) is 259 Å². The van der Waals surface area contributed by atoms with Crippen LogP contribution >= 0.6 is 0 Å². The van der Waals surface area contributed by atoms with Gasteiger partial charge in [0.25, 0.3) is 42.2 Å². The average Bonchev–Trinajstić information content (AvgIpc) is 3.78. The summed E-state index contributed by atoms with van der Waals surface area (Å²) < 4.78 is 120. The summed E-state index contributed by atoms with van der Waals surface area (Å²) >= 11 is -1.69. The van der Waals surface area contributed by atoms with E-state index in [-0.39, 0.29) is 56.0 Å². The Kier molecular flexibility index (Phi) is 14.3. The molecule has 3 aliphatic rings. The predicted octanol–water partition coefficient (Wildman–Crippen LogP) is 6.30. The van der Waals surface area contributed by atoms with E-state index in [4.69, 9.17) is 4.84 Å². The molecule has 0 aliphatic carbocycles. The maximum atomic E-state index is 14.1. The molecule has 0 bridgehead atoms. The number of amides is 2. The third-order valence-corrected chi connectivity index (χ3v) is 16.7. The standard InChI is InChI=1S/C47H52N4O14S4/c1-7-49-35-22-20-32-34(28-30(68(59,60)61)29-38(32)69(62,63)64)45(35)46(2,3)39(49)16-9-8-10-17-40-47(4,5)44-33-14-11-15-37(31(33)19-21-36(44)50(40)26-13-27-67(56,57)58)66(55)48(6)25-12-18-43(54)65-51-41(52)23-24-42(51)53/h8-11,14-17,19-22,28-29H,7,12-13,18,23-27H2,1-6H3,(H2-,56,57,58,59,60,61,62,63,64)/p+1. The van der Waals surface area contributed by atoms with E-state index in [1.165, 1.54) is 12.1 Å². The fourth-order valence-electron chi connectivity index (χ4n) is 9.59. The largest absolute Gasteiger partial charge is 0.593 e. The summed E-state index contributed by atoms with van der Waals surface area (Å²) in [6, 6.07) is 14.4. The van der Waals surface area contributed by atoms with E-state index in [9.17, 15) is 57.8 Å². The minimum absolute atomic E-state index is 0.0178. The molecule has 1 fully saturated rings. The average molecular weight is 1030 g/mol. The van der Waals surface area contributed by atoms with Gasteiger partial charge in [0, 0.05) is 91.1 Å². The van der Waals surface area contributed by atoms with Gasteiger partial charge in [-0.25, -0.2) is 4.79 Å². The Labute approximate surface area is 404 Å².